The van der Waals surface area contributed by atoms with Gasteiger partial charge in [-0.25, -0.2) is 0 Å². The molecule has 0 aromatic heterocycles. The van der Waals surface area contributed by atoms with E-state index in [0.29, 0.717) is 6.42 Å². The Balaban J connectivity index is 1.67. The Kier molecular flexibility index (Phi) is 5.80. The Morgan fingerprint density at radius 1 is 0.963 bits per heavy atom. The molecule has 0 saturated carbocycles. The Bertz CT molecular complexity index is 902. The first-order valence-electron chi connectivity index (χ1n) is 9.48. The molecule has 0 spiro atoms. The van der Waals surface area contributed by atoms with Crippen molar-refractivity contribution in [3.05, 3.63) is 78.4 Å². The van der Waals surface area contributed by atoms with Crippen LogP contribution in [0.2, 0.25) is 0 Å². The van der Waals surface area contributed by atoms with Crippen LogP contribution in [-0.2, 0) is 11.2 Å². The molecule has 3 rings (SSSR count). The number of ether oxygens (including phenoxy) is 1. The summed E-state index contributed by atoms with van der Waals surface area (Å²) in [6, 6.07) is 24.3. The molecular formula is C24H27NO2. The molecule has 0 saturated heterocycles. The summed E-state index contributed by atoms with van der Waals surface area (Å²) in [7, 11) is 0. The Morgan fingerprint density at radius 2 is 1.63 bits per heavy atom. The Hall–Kier alpha value is -2.81. The number of fused-ring (bicyclic) bond motifs is 1. The van der Waals surface area contributed by atoms with Crippen LogP contribution in [0.3, 0.4) is 0 Å². The van der Waals surface area contributed by atoms with Crippen LogP contribution in [-0.4, -0.2) is 17.6 Å². The SMILES string of the molecule is CC[C@@H](Oc1ccc2ccccc2c1)C(=O)NC(C)(C)Cc1ccccc1. The highest BCUT2D eigenvalue weighted by Crippen LogP contribution is 2.22. The predicted octanol–water partition coefficient (Wildman–Crippen LogP) is 5.13. The van der Waals surface area contributed by atoms with Gasteiger partial charge in [-0.3, -0.25) is 4.79 Å². The highest BCUT2D eigenvalue weighted by molar-refractivity contribution is 5.84. The molecule has 0 heterocycles. The van der Waals surface area contributed by atoms with Gasteiger partial charge in [-0.15, -0.1) is 0 Å². The average molecular weight is 361 g/mol. The van der Waals surface area contributed by atoms with Crippen molar-refractivity contribution >= 4 is 16.7 Å². The van der Waals surface area contributed by atoms with Gasteiger partial charge in [0, 0.05) is 5.54 Å². The number of benzene rings is 3. The van der Waals surface area contributed by atoms with E-state index in [0.717, 1.165) is 22.9 Å². The number of nitrogens with one attached hydrogen (secondary N) is 1. The predicted molar refractivity (Wildman–Crippen MR) is 111 cm³/mol. The molecule has 3 nitrogen and oxygen atoms in total. The third-order valence-corrected chi connectivity index (χ3v) is 4.61. The fourth-order valence-corrected chi connectivity index (χ4v) is 3.29. The molecule has 27 heavy (non-hydrogen) atoms. The lowest BCUT2D eigenvalue weighted by Crippen LogP contribution is -2.50. The van der Waals surface area contributed by atoms with Crippen molar-refractivity contribution in [2.24, 2.45) is 0 Å². The minimum absolute atomic E-state index is 0.0772. The average Bonchev–Trinajstić information content (AvgIpc) is 2.65. The topological polar surface area (TPSA) is 38.3 Å². The first-order chi connectivity index (χ1) is 13.0. The second-order valence-corrected chi connectivity index (χ2v) is 7.56. The van der Waals surface area contributed by atoms with Crippen molar-refractivity contribution in [3.63, 3.8) is 0 Å². The van der Waals surface area contributed by atoms with Crippen LogP contribution in [0.4, 0.5) is 0 Å². The Labute approximate surface area is 161 Å². The standard InChI is InChI=1S/C24H27NO2/c1-4-22(27-21-15-14-19-12-8-9-13-20(19)16-21)23(26)25-24(2,3)17-18-10-6-5-7-11-18/h5-16,22H,4,17H2,1-3H3,(H,25,26)/t22-/m1/s1. The lowest BCUT2D eigenvalue weighted by atomic mass is 9.94. The van der Waals surface area contributed by atoms with Crippen molar-refractivity contribution in [1.29, 1.82) is 0 Å². The number of carbonyl (C=O) groups is 1. The first-order valence-corrected chi connectivity index (χ1v) is 9.48. The van der Waals surface area contributed by atoms with Gasteiger partial charge in [0.25, 0.3) is 5.91 Å². The summed E-state index contributed by atoms with van der Waals surface area (Å²) in [5, 5.41) is 5.41. The summed E-state index contributed by atoms with van der Waals surface area (Å²) in [5.74, 6) is 0.642. The molecule has 0 aliphatic carbocycles. The maximum absolute atomic E-state index is 12.8. The number of hydrogen-bond acceptors (Lipinski definition) is 2. The Morgan fingerprint density at radius 3 is 2.33 bits per heavy atom. The van der Waals surface area contributed by atoms with Crippen molar-refractivity contribution in [1.82, 2.24) is 5.32 Å². The van der Waals surface area contributed by atoms with E-state index in [1.807, 2.05) is 75.4 Å². The third-order valence-electron chi connectivity index (χ3n) is 4.61. The van der Waals surface area contributed by atoms with E-state index in [-0.39, 0.29) is 11.4 Å². The molecule has 0 fully saturated rings. The number of hydrogen-bond donors (Lipinski definition) is 1. The minimum Gasteiger partial charge on any atom is -0.481 e. The van der Waals surface area contributed by atoms with E-state index < -0.39 is 6.10 Å². The van der Waals surface area contributed by atoms with Gasteiger partial charge in [0.1, 0.15) is 5.75 Å². The molecule has 0 bridgehead atoms. The molecule has 0 aliphatic heterocycles. The van der Waals surface area contributed by atoms with Crippen LogP contribution in [0.5, 0.6) is 5.75 Å². The first kappa shape index (κ1) is 19.0. The van der Waals surface area contributed by atoms with Crippen LogP contribution < -0.4 is 10.1 Å². The summed E-state index contributed by atoms with van der Waals surface area (Å²) in [6.45, 7) is 6.05. The largest absolute Gasteiger partial charge is 0.481 e. The fourth-order valence-electron chi connectivity index (χ4n) is 3.29. The quantitative estimate of drug-likeness (QED) is 0.633. The van der Waals surface area contributed by atoms with E-state index in [1.165, 1.54) is 5.56 Å². The van der Waals surface area contributed by atoms with Crippen LogP contribution in [0, 0.1) is 0 Å². The third kappa shape index (κ3) is 5.10. The van der Waals surface area contributed by atoms with Gasteiger partial charge in [0.15, 0.2) is 6.10 Å². The van der Waals surface area contributed by atoms with Crippen molar-refractivity contribution in [2.45, 2.75) is 45.3 Å². The maximum Gasteiger partial charge on any atom is 0.261 e. The zero-order valence-corrected chi connectivity index (χ0v) is 16.2. The molecule has 0 aliphatic rings. The summed E-state index contributed by atoms with van der Waals surface area (Å²) >= 11 is 0. The highest BCUT2D eigenvalue weighted by Gasteiger charge is 2.26. The monoisotopic (exact) mass is 361 g/mol. The maximum atomic E-state index is 12.8. The molecular weight excluding hydrogens is 334 g/mol. The van der Waals surface area contributed by atoms with Crippen LogP contribution in [0.25, 0.3) is 10.8 Å². The highest BCUT2D eigenvalue weighted by atomic mass is 16.5. The molecule has 140 valence electrons. The van der Waals surface area contributed by atoms with E-state index in [1.54, 1.807) is 0 Å². The molecule has 0 radical (unpaired) electrons. The molecule has 3 aromatic rings. The summed E-state index contributed by atoms with van der Waals surface area (Å²) in [6.07, 6.45) is 0.868. The lowest BCUT2D eigenvalue weighted by molar-refractivity contribution is -0.129. The minimum atomic E-state index is -0.513. The van der Waals surface area contributed by atoms with Crippen molar-refractivity contribution in [2.75, 3.05) is 0 Å². The van der Waals surface area contributed by atoms with Gasteiger partial charge in [-0.1, -0.05) is 67.6 Å². The molecule has 3 aromatic carbocycles. The van der Waals surface area contributed by atoms with Gasteiger partial charge < -0.3 is 10.1 Å². The molecule has 1 N–H and O–H groups in total. The smallest absolute Gasteiger partial charge is 0.261 e. The molecule has 3 heteroatoms. The zero-order chi connectivity index (χ0) is 19.3. The molecule has 0 unspecified atom stereocenters. The van der Waals surface area contributed by atoms with E-state index in [4.69, 9.17) is 4.74 Å². The van der Waals surface area contributed by atoms with Crippen LogP contribution in [0.1, 0.15) is 32.8 Å². The second-order valence-electron chi connectivity index (χ2n) is 7.56. The van der Waals surface area contributed by atoms with E-state index >= 15 is 0 Å². The second kappa shape index (κ2) is 8.26. The fraction of sp³-hybridized carbons (Fsp3) is 0.292. The van der Waals surface area contributed by atoms with Crippen molar-refractivity contribution in [3.8, 4) is 5.75 Å². The molecule has 1 amide bonds. The van der Waals surface area contributed by atoms with E-state index in [9.17, 15) is 4.79 Å². The molecule has 1 atom stereocenters. The van der Waals surface area contributed by atoms with Crippen molar-refractivity contribution < 1.29 is 9.53 Å². The van der Waals surface area contributed by atoms with Gasteiger partial charge in [0.05, 0.1) is 0 Å². The number of carbonyl (C=O) groups excluding carboxylic acids is 1. The zero-order valence-electron chi connectivity index (χ0n) is 16.2. The van der Waals surface area contributed by atoms with Gasteiger partial charge >= 0.3 is 0 Å². The summed E-state index contributed by atoms with van der Waals surface area (Å²) in [5.41, 5.74) is 0.852. The lowest BCUT2D eigenvalue weighted by Gasteiger charge is -2.29. The number of rotatable bonds is 7. The van der Waals surface area contributed by atoms with Crippen LogP contribution >= 0.6 is 0 Å². The number of amides is 1. The van der Waals surface area contributed by atoms with Gasteiger partial charge in [-0.2, -0.15) is 0 Å². The van der Waals surface area contributed by atoms with E-state index in [2.05, 4.69) is 23.5 Å². The normalized spacial score (nSPS) is 12.6. The van der Waals surface area contributed by atoms with Crippen LogP contribution in [0.15, 0.2) is 72.8 Å². The van der Waals surface area contributed by atoms with Gasteiger partial charge in [-0.05, 0) is 55.2 Å². The summed E-state index contributed by atoms with van der Waals surface area (Å²) in [4.78, 5) is 12.8. The summed E-state index contributed by atoms with van der Waals surface area (Å²) < 4.78 is 6.02. The van der Waals surface area contributed by atoms with Gasteiger partial charge in [0.2, 0.25) is 0 Å².